The number of piperidine rings is 1. The molecular weight excluding hydrogens is 599 g/mol. The second-order valence-electron chi connectivity index (χ2n) is 11.1. The summed E-state index contributed by atoms with van der Waals surface area (Å²) in [4.78, 5) is 39.0. The quantitative estimate of drug-likeness (QED) is 0.307. The Morgan fingerprint density at radius 3 is 2.62 bits per heavy atom. The molecule has 0 aliphatic carbocycles. The van der Waals surface area contributed by atoms with Gasteiger partial charge in [0.1, 0.15) is 6.07 Å². The maximum atomic E-state index is 14.8. The predicted molar refractivity (Wildman–Crippen MR) is 167 cm³/mol. The summed E-state index contributed by atoms with van der Waals surface area (Å²) < 4.78 is 21.7. The van der Waals surface area contributed by atoms with Crippen molar-refractivity contribution in [3.63, 3.8) is 0 Å². The zero-order valence-corrected chi connectivity index (χ0v) is 25.5. The monoisotopic (exact) mass is 630 g/mol. The third-order valence-electron chi connectivity index (χ3n) is 8.33. The maximum Gasteiger partial charge on any atom is 0.254 e. The molecule has 11 nitrogen and oxygen atoms in total. The molecular formula is C32H32ClFN8O3. The third kappa shape index (κ3) is 6.14. The van der Waals surface area contributed by atoms with Gasteiger partial charge in [0.25, 0.3) is 5.91 Å². The van der Waals surface area contributed by atoms with Crippen LogP contribution < -0.4 is 15.4 Å². The van der Waals surface area contributed by atoms with E-state index in [9.17, 15) is 14.0 Å². The lowest BCUT2D eigenvalue weighted by Crippen LogP contribution is -2.52. The first-order valence-corrected chi connectivity index (χ1v) is 15.2. The number of fused-ring (bicyclic) bond motifs is 1. The van der Waals surface area contributed by atoms with E-state index in [0.29, 0.717) is 54.5 Å². The number of hydrogen-bond donors (Lipinski definition) is 2. The Morgan fingerprint density at radius 1 is 1.13 bits per heavy atom. The molecule has 0 spiro atoms. The summed E-state index contributed by atoms with van der Waals surface area (Å²) in [6.45, 7) is 5.45. The van der Waals surface area contributed by atoms with Crippen LogP contribution in [-0.2, 0) is 4.79 Å². The lowest BCUT2D eigenvalue weighted by Gasteiger charge is -2.37. The number of nitrogens with one attached hydrogen (secondary N) is 2. The molecule has 0 radical (unpaired) electrons. The van der Waals surface area contributed by atoms with Crippen molar-refractivity contribution in [2.45, 2.75) is 19.8 Å². The van der Waals surface area contributed by atoms with Crippen molar-refractivity contribution in [1.82, 2.24) is 29.5 Å². The van der Waals surface area contributed by atoms with Gasteiger partial charge >= 0.3 is 0 Å². The minimum absolute atomic E-state index is 0.0562. The molecule has 2 N–H and O–H groups in total. The maximum absolute atomic E-state index is 14.8. The number of ether oxygens (including phenoxy) is 1. The van der Waals surface area contributed by atoms with E-state index < -0.39 is 5.82 Å². The number of carbonyl (C=O) groups is 2. The highest BCUT2D eigenvalue weighted by molar-refractivity contribution is 6.33. The van der Waals surface area contributed by atoms with Crippen LogP contribution in [0.5, 0.6) is 5.75 Å². The first-order valence-electron chi connectivity index (χ1n) is 14.8. The van der Waals surface area contributed by atoms with Gasteiger partial charge in [-0.3, -0.25) is 14.0 Å². The summed E-state index contributed by atoms with van der Waals surface area (Å²) in [6.07, 6.45) is 6.60. The number of piperazine rings is 1. The molecule has 6 rings (SSSR count). The number of aromatic nitrogens is 3. The Bertz CT molecular complexity index is 1790. The number of hydrogen-bond acceptors (Lipinski definition) is 8. The van der Waals surface area contributed by atoms with Crippen LogP contribution in [0.3, 0.4) is 0 Å². The molecule has 2 saturated heterocycles. The molecule has 4 heterocycles. The fourth-order valence-electron chi connectivity index (χ4n) is 5.90. The third-order valence-corrected chi connectivity index (χ3v) is 8.70. The van der Waals surface area contributed by atoms with Crippen LogP contribution in [0.25, 0.3) is 16.9 Å². The van der Waals surface area contributed by atoms with Gasteiger partial charge in [0, 0.05) is 61.3 Å². The summed E-state index contributed by atoms with van der Waals surface area (Å²) in [7, 11) is 0. The van der Waals surface area contributed by atoms with Gasteiger partial charge in [-0.1, -0.05) is 11.6 Å². The Balaban J connectivity index is 1.15. The first-order chi connectivity index (χ1) is 21.9. The van der Waals surface area contributed by atoms with Crippen LogP contribution in [0.15, 0.2) is 48.9 Å². The molecule has 0 saturated carbocycles. The van der Waals surface area contributed by atoms with Gasteiger partial charge in [-0.2, -0.15) is 5.26 Å². The Hall–Kier alpha value is -4.73. The second-order valence-corrected chi connectivity index (χ2v) is 11.5. The topological polar surface area (TPSA) is 128 Å². The molecule has 232 valence electrons. The van der Waals surface area contributed by atoms with Crippen LogP contribution in [0.1, 0.15) is 28.8 Å². The second kappa shape index (κ2) is 13.1. The summed E-state index contributed by atoms with van der Waals surface area (Å²) >= 11 is 6.35. The van der Waals surface area contributed by atoms with Crippen LogP contribution in [0, 0.1) is 30.0 Å². The zero-order valence-electron chi connectivity index (χ0n) is 24.7. The average molecular weight is 631 g/mol. The van der Waals surface area contributed by atoms with E-state index >= 15 is 0 Å². The molecule has 2 aliphatic rings. The molecule has 0 atom stereocenters. The summed E-state index contributed by atoms with van der Waals surface area (Å²) in [5.74, 6) is -0.178. The van der Waals surface area contributed by atoms with Crippen LogP contribution in [0.4, 0.5) is 15.9 Å². The number of aryl methyl sites for hydroxylation is 1. The fraction of sp³-hybridized carbons (Fsp3) is 0.344. The smallest absolute Gasteiger partial charge is 0.254 e. The molecule has 2 aromatic heterocycles. The normalized spacial score (nSPS) is 15.6. The summed E-state index contributed by atoms with van der Waals surface area (Å²) in [5.41, 5.74) is 3.55. The largest absolute Gasteiger partial charge is 0.476 e. The van der Waals surface area contributed by atoms with Crippen molar-refractivity contribution in [1.29, 1.82) is 5.26 Å². The lowest BCUT2D eigenvalue weighted by atomic mass is 9.96. The predicted octanol–water partition coefficient (Wildman–Crippen LogP) is 4.43. The Kier molecular flexibility index (Phi) is 8.82. The molecule has 13 heteroatoms. The molecule has 2 fully saturated rings. The summed E-state index contributed by atoms with van der Waals surface area (Å²) in [5, 5.41) is 15.2. The zero-order chi connectivity index (χ0) is 31.5. The van der Waals surface area contributed by atoms with E-state index in [1.54, 1.807) is 41.2 Å². The van der Waals surface area contributed by atoms with Crippen LogP contribution in [0.2, 0.25) is 5.02 Å². The average Bonchev–Trinajstić information content (AvgIpc) is 3.50. The number of nitrogens with zero attached hydrogens (tertiary/aromatic N) is 6. The number of anilines is 2. The number of imidazole rings is 1. The highest BCUT2D eigenvalue weighted by atomic mass is 35.5. The highest BCUT2D eigenvalue weighted by Crippen LogP contribution is 2.36. The lowest BCUT2D eigenvalue weighted by molar-refractivity contribution is -0.137. The summed E-state index contributed by atoms with van der Waals surface area (Å²) in [6, 6.07) is 10.3. The van der Waals surface area contributed by atoms with E-state index in [1.165, 1.54) is 6.07 Å². The van der Waals surface area contributed by atoms with Crippen molar-refractivity contribution in [3.8, 4) is 23.1 Å². The Labute approximate surface area is 264 Å². The van der Waals surface area contributed by atoms with Gasteiger partial charge in [0.05, 0.1) is 16.9 Å². The first kappa shape index (κ1) is 30.3. The van der Waals surface area contributed by atoms with Crippen molar-refractivity contribution < 1.29 is 18.7 Å². The van der Waals surface area contributed by atoms with Crippen molar-refractivity contribution in [3.05, 3.63) is 70.9 Å². The SMILES string of the molecule is Cc1cc(Nc2nccn3c(-c4ccc(OCC#N)c(F)c4Cl)cnc23)ccc1C(=O)N1CCN(C(=O)C2CCNCC2)CC1. The minimum Gasteiger partial charge on any atom is -0.476 e. The van der Waals surface area contributed by atoms with Gasteiger partial charge < -0.3 is 25.2 Å². The van der Waals surface area contributed by atoms with E-state index in [2.05, 4.69) is 20.6 Å². The molecule has 2 aliphatic heterocycles. The van der Waals surface area contributed by atoms with E-state index in [-0.39, 0.29) is 35.1 Å². The van der Waals surface area contributed by atoms with Crippen molar-refractivity contribution >= 4 is 40.6 Å². The highest BCUT2D eigenvalue weighted by Gasteiger charge is 2.30. The number of nitriles is 1. The number of rotatable bonds is 7. The molecule has 4 aromatic rings. The van der Waals surface area contributed by atoms with Crippen molar-refractivity contribution in [2.75, 3.05) is 51.2 Å². The van der Waals surface area contributed by atoms with E-state index in [0.717, 1.165) is 37.2 Å². The van der Waals surface area contributed by atoms with Gasteiger partial charge in [-0.05, 0) is 68.8 Å². The van der Waals surface area contributed by atoms with E-state index in [1.807, 2.05) is 28.9 Å². The minimum atomic E-state index is -0.760. The van der Waals surface area contributed by atoms with Gasteiger partial charge in [-0.15, -0.1) is 0 Å². The standard InChI is InChI=1S/C32H32ClFN8O3/c1-20-18-22(2-3-23(20)32(44)41-15-13-40(14-16-41)31(43)21-6-9-36-10-7-21)39-29-30-38-19-25(42(30)12-11-37-29)24-4-5-26(45-17-8-35)28(34)27(24)33/h2-5,11-12,18-19,21,36H,6-7,9-10,13-17H2,1H3,(H,37,39). The molecule has 2 amide bonds. The van der Waals surface area contributed by atoms with Crippen molar-refractivity contribution in [2.24, 2.45) is 5.92 Å². The number of halogens is 2. The van der Waals surface area contributed by atoms with Gasteiger partial charge in [0.2, 0.25) is 5.91 Å². The van der Waals surface area contributed by atoms with Gasteiger partial charge in [0.15, 0.2) is 29.6 Å². The number of carbonyl (C=O) groups excluding carboxylic acids is 2. The molecule has 2 aromatic carbocycles. The number of benzene rings is 2. The fourth-order valence-corrected chi connectivity index (χ4v) is 6.16. The van der Waals surface area contributed by atoms with E-state index in [4.69, 9.17) is 21.6 Å². The molecule has 45 heavy (non-hydrogen) atoms. The molecule has 0 bridgehead atoms. The Morgan fingerprint density at radius 2 is 1.89 bits per heavy atom. The van der Waals surface area contributed by atoms with Crippen LogP contribution >= 0.6 is 11.6 Å². The van der Waals surface area contributed by atoms with Crippen LogP contribution in [-0.4, -0.2) is 81.9 Å². The van der Waals surface area contributed by atoms with Gasteiger partial charge in [-0.25, -0.2) is 14.4 Å². The molecule has 0 unspecified atom stereocenters. The number of amides is 2.